The van der Waals surface area contributed by atoms with Crippen LogP contribution in [0.5, 0.6) is 0 Å². The Morgan fingerprint density at radius 3 is 2.72 bits per heavy atom. The minimum Gasteiger partial charge on any atom is -0.351 e. The van der Waals surface area contributed by atoms with Crippen LogP contribution in [0.1, 0.15) is 40.9 Å². The molecular weight excluding hydrogens is 244 g/mol. The average Bonchev–Trinajstić information content (AvgIpc) is 2.64. The predicted octanol–water partition coefficient (Wildman–Crippen LogP) is 2.14. The smallest absolute Gasteiger partial charge is 0.261 e. The Bertz CT molecular complexity index is 486. The number of amides is 1. The van der Waals surface area contributed by atoms with Gasteiger partial charge < -0.3 is 11.1 Å². The normalized spacial score (nSPS) is 10.7. The summed E-state index contributed by atoms with van der Waals surface area (Å²) in [5.41, 5.74) is 6.46. The quantitative estimate of drug-likeness (QED) is 0.804. The third-order valence-electron chi connectivity index (χ3n) is 2.22. The van der Waals surface area contributed by atoms with E-state index < -0.39 is 0 Å². The van der Waals surface area contributed by atoms with Crippen molar-refractivity contribution in [3.05, 3.63) is 21.4 Å². The van der Waals surface area contributed by atoms with Crippen molar-refractivity contribution in [2.24, 2.45) is 11.1 Å². The molecular formula is C14H20N2OS. The topological polar surface area (TPSA) is 55.1 Å². The Morgan fingerprint density at radius 1 is 1.50 bits per heavy atom. The lowest BCUT2D eigenvalue weighted by molar-refractivity contribution is 0.0943. The summed E-state index contributed by atoms with van der Waals surface area (Å²) in [6.07, 6.45) is 0. The summed E-state index contributed by atoms with van der Waals surface area (Å²) in [7, 11) is 0. The molecule has 0 aromatic carbocycles. The van der Waals surface area contributed by atoms with E-state index in [1.807, 2.05) is 13.0 Å². The van der Waals surface area contributed by atoms with Crippen LogP contribution in [-0.2, 0) is 0 Å². The molecule has 18 heavy (non-hydrogen) atoms. The van der Waals surface area contributed by atoms with Gasteiger partial charge in [-0.05, 0) is 24.0 Å². The summed E-state index contributed by atoms with van der Waals surface area (Å²) in [6, 6.07) is 1.88. The molecule has 1 amide bonds. The van der Waals surface area contributed by atoms with Gasteiger partial charge in [0.05, 0.1) is 16.3 Å². The summed E-state index contributed by atoms with van der Waals surface area (Å²) in [6.45, 7) is 9.22. The maximum absolute atomic E-state index is 12.0. The Labute approximate surface area is 113 Å². The van der Waals surface area contributed by atoms with Gasteiger partial charge in [-0.25, -0.2) is 0 Å². The number of aryl methyl sites for hydroxylation is 1. The van der Waals surface area contributed by atoms with Crippen LogP contribution in [0.25, 0.3) is 0 Å². The summed E-state index contributed by atoms with van der Waals surface area (Å²) in [5, 5.41) is 2.93. The molecule has 0 aliphatic rings. The molecule has 1 aromatic rings. The fourth-order valence-corrected chi connectivity index (χ4v) is 2.25. The number of hydrogen-bond donors (Lipinski definition) is 2. The number of nitrogens with two attached hydrogens (primary N) is 1. The molecule has 0 atom stereocenters. The van der Waals surface area contributed by atoms with Crippen LogP contribution in [0.2, 0.25) is 0 Å². The van der Waals surface area contributed by atoms with Crippen LogP contribution in [0.3, 0.4) is 0 Å². The predicted molar refractivity (Wildman–Crippen MR) is 76.8 cm³/mol. The van der Waals surface area contributed by atoms with Gasteiger partial charge in [-0.15, -0.1) is 11.3 Å². The van der Waals surface area contributed by atoms with E-state index in [0.717, 1.165) is 10.4 Å². The van der Waals surface area contributed by atoms with Crippen molar-refractivity contribution in [3.8, 4) is 11.8 Å². The lowest BCUT2D eigenvalue weighted by Gasteiger charge is -2.18. The van der Waals surface area contributed by atoms with E-state index in [1.54, 1.807) is 0 Å². The molecule has 1 rings (SSSR count). The second-order valence-corrected chi connectivity index (χ2v) is 6.42. The summed E-state index contributed by atoms with van der Waals surface area (Å²) >= 11 is 1.42. The Morgan fingerprint density at radius 2 is 2.17 bits per heavy atom. The second-order valence-electron chi connectivity index (χ2n) is 5.37. The molecule has 0 bridgehead atoms. The molecule has 0 spiro atoms. The SMILES string of the molecule is Cc1cc(C(=O)NCC(C)(C)C)sc1C#CCN. The molecule has 3 nitrogen and oxygen atoms in total. The first-order chi connectivity index (χ1) is 8.33. The van der Waals surface area contributed by atoms with Crippen LogP contribution >= 0.6 is 11.3 Å². The fourth-order valence-electron chi connectivity index (χ4n) is 1.28. The van der Waals surface area contributed by atoms with Gasteiger partial charge >= 0.3 is 0 Å². The van der Waals surface area contributed by atoms with Gasteiger partial charge in [-0.3, -0.25) is 4.79 Å². The molecule has 0 aliphatic carbocycles. The first-order valence-electron chi connectivity index (χ1n) is 5.91. The third-order valence-corrected chi connectivity index (χ3v) is 3.38. The second kappa shape index (κ2) is 6.03. The molecule has 0 aliphatic heterocycles. The van der Waals surface area contributed by atoms with Crippen molar-refractivity contribution < 1.29 is 4.79 Å². The van der Waals surface area contributed by atoms with Gasteiger partial charge in [0.1, 0.15) is 0 Å². The molecule has 3 N–H and O–H groups in total. The van der Waals surface area contributed by atoms with E-state index in [9.17, 15) is 4.79 Å². The largest absolute Gasteiger partial charge is 0.351 e. The van der Waals surface area contributed by atoms with Crippen molar-refractivity contribution in [3.63, 3.8) is 0 Å². The Hall–Kier alpha value is -1.31. The first-order valence-corrected chi connectivity index (χ1v) is 6.73. The number of carbonyl (C=O) groups is 1. The zero-order chi connectivity index (χ0) is 13.8. The highest BCUT2D eigenvalue weighted by atomic mass is 32.1. The number of carbonyl (C=O) groups excluding carboxylic acids is 1. The van der Waals surface area contributed by atoms with E-state index in [1.165, 1.54) is 11.3 Å². The molecule has 4 heteroatoms. The highest BCUT2D eigenvalue weighted by Crippen LogP contribution is 2.21. The van der Waals surface area contributed by atoms with Crippen molar-refractivity contribution in [1.29, 1.82) is 0 Å². The number of hydrogen-bond acceptors (Lipinski definition) is 3. The zero-order valence-corrected chi connectivity index (χ0v) is 12.2. The molecule has 98 valence electrons. The van der Waals surface area contributed by atoms with Crippen molar-refractivity contribution >= 4 is 17.2 Å². The maximum atomic E-state index is 12.0. The van der Waals surface area contributed by atoms with Gasteiger partial charge in [0.25, 0.3) is 5.91 Å². The maximum Gasteiger partial charge on any atom is 0.261 e. The lowest BCUT2D eigenvalue weighted by Crippen LogP contribution is -2.31. The van der Waals surface area contributed by atoms with Crippen LogP contribution < -0.4 is 11.1 Å². The van der Waals surface area contributed by atoms with E-state index in [4.69, 9.17) is 5.73 Å². The Kier molecular flexibility index (Phi) is 4.94. The van der Waals surface area contributed by atoms with Crippen molar-refractivity contribution in [2.45, 2.75) is 27.7 Å². The van der Waals surface area contributed by atoms with E-state index in [-0.39, 0.29) is 11.3 Å². The van der Waals surface area contributed by atoms with Gasteiger partial charge in [0.2, 0.25) is 0 Å². The van der Waals surface area contributed by atoms with Crippen molar-refractivity contribution in [1.82, 2.24) is 5.32 Å². The molecule has 0 radical (unpaired) electrons. The fraction of sp³-hybridized carbons (Fsp3) is 0.500. The summed E-state index contributed by atoms with van der Waals surface area (Å²) < 4.78 is 0. The van der Waals surface area contributed by atoms with Crippen LogP contribution in [-0.4, -0.2) is 19.0 Å². The minimum atomic E-state index is -0.0289. The summed E-state index contributed by atoms with van der Waals surface area (Å²) in [4.78, 5) is 13.6. The van der Waals surface area contributed by atoms with Crippen molar-refractivity contribution in [2.75, 3.05) is 13.1 Å². The molecule has 0 fully saturated rings. The average molecular weight is 264 g/mol. The molecule has 0 saturated carbocycles. The van der Waals surface area contributed by atoms with Gasteiger partial charge in [0, 0.05) is 6.54 Å². The molecule has 0 saturated heterocycles. The zero-order valence-electron chi connectivity index (χ0n) is 11.4. The minimum absolute atomic E-state index is 0.0289. The van der Waals surface area contributed by atoms with Gasteiger partial charge in [-0.1, -0.05) is 32.6 Å². The van der Waals surface area contributed by atoms with E-state index in [2.05, 4.69) is 37.9 Å². The van der Waals surface area contributed by atoms with Crippen LogP contribution in [0, 0.1) is 24.2 Å². The van der Waals surface area contributed by atoms with E-state index in [0.29, 0.717) is 18.0 Å². The lowest BCUT2D eigenvalue weighted by atomic mass is 9.97. The highest BCUT2D eigenvalue weighted by molar-refractivity contribution is 7.14. The third kappa shape index (κ3) is 4.52. The summed E-state index contributed by atoms with van der Waals surface area (Å²) in [5.74, 6) is 5.77. The van der Waals surface area contributed by atoms with E-state index >= 15 is 0 Å². The molecule has 0 unspecified atom stereocenters. The molecule has 1 heterocycles. The number of nitrogens with one attached hydrogen (secondary N) is 1. The van der Waals surface area contributed by atoms with Crippen LogP contribution in [0.4, 0.5) is 0 Å². The molecule has 1 aromatic heterocycles. The first kappa shape index (κ1) is 14.7. The highest BCUT2D eigenvalue weighted by Gasteiger charge is 2.15. The van der Waals surface area contributed by atoms with Crippen LogP contribution in [0.15, 0.2) is 6.07 Å². The van der Waals surface area contributed by atoms with Gasteiger partial charge in [-0.2, -0.15) is 0 Å². The number of rotatable bonds is 2. The van der Waals surface area contributed by atoms with Gasteiger partial charge in [0.15, 0.2) is 0 Å². The Balaban J connectivity index is 2.76. The standard InChI is InChI=1S/C14H20N2OS/c1-10-8-12(18-11(10)6-5-7-15)13(17)16-9-14(2,3)4/h8H,7,9,15H2,1-4H3,(H,16,17). The number of thiophene rings is 1. The monoisotopic (exact) mass is 264 g/mol.